The van der Waals surface area contributed by atoms with Crippen molar-refractivity contribution in [2.45, 2.75) is 69.9 Å². The molecule has 10 nitrogen and oxygen atoms in total. The van der Waals surface area contributed by atoms with Gasteiger partial charge in [-0.05, 0) is 42.0 Å². The van der Waals surface area contributed by atoms with Gasteiger partial charge in [-0.3, -0.25) is 14.4 Å². The number of ether oxygens (including phenoxy) is 3. The molecule has 2 heterocycles. The van der Waals surface area contributed by atoms with Crippen molar-refractivity contribution in [2.75, 3.05) is 19.8 Å². The van der Waals surface area contributed by atoms with Gasteiger partial charge in [-0.15, -0.1) is 0 Å². The summed E-state index contributed by atoms with van der Waals surface area (Å²) in [5.74, 6) is -1.57. The normalized spacial score (nSPS) is 18.9. The number of alkyl carbamates (subject to hydrolysis) is 1. The fourth-order valence-electron chi connectivity index (χ4n) is 5.52. The third-order valence-corrected chi connectivity index (χ3v) is 8.55. The molecule has 3 aromatic rings. The van der Waals surface area contributed by atoms with Crippen LogP contribution in [-0.2, 0) is 54.5 Å². The van der Waals surface area contributed by atoms with Gasteiger partial charge in [0, 0.05) is 12.3 Å². The van der Waals surface area contributed by atoms with E-state index < -0.39 is 41.6 Å². The standard InChI is InChI=1S/C37H43N3O7/c1-3-10-25-15-17-27(18-16-25)20-31(34(42)38-30(33(41)37(2)24-47-37)19-26-11-6-4-7-12-26)39-35(43)32(29-22-45-23-29)40-36(44)46-21-28-13-8-5-9-14-28/h4-9,11-18,29-32H,3,10,19-24H2,1-2H3,(H,38,42)(H,39,43)(H,40,44)/t30-,31-,32-,37+/m0/s1. The van der Waals surface area contributed by atoms with Crippen molar-refractivity contribution in [2.24, 2.45) is 5.92 Å². The van der Waals surface area contributed by atoms with Crippen molar-refractivity contribution >= 4 is 23.7 Å². The van der Waals surface area contributed by atoms with Gasteiger partial charge in [0.05, 0.1) is 25.9 Å². The summed E-state index contributed by atoms with van der Waals surface area (Å²) in [5, 5.41) is 8.48. The van der Waals surface area contributed by atoms with E-state index in [9.17, 15) is 19.2 Å². The lowest BCUT2D eigenvalue weighted by Gasteiger charge is -2.34. The van der Waals surface area contributed by atoms with Crippen LogP contribution in [0.1, 0.15) is 42.5 Å². The number of benzene rings is 3. The van der Waals surface area contributed by atoms with Crippen LogP contribution in [0.15, 0.2) is 84.9 Å². The highest BCUT2D eigenvalue weighted by Crippen LogP contribution is 2.29. The predicted octanol–water partition coefficient (Wildman–Crippen LogP) is 3.69. The van der Waals surface area contributed by atoms with E-state index in [-0.39, 0.29) is 51.0 Å². The van der Waals surface area contributed by atoms with Crippen LogP contribution in [-0.4, -0.2) is 67.2 Å². The second kappa shape index (κ2) is 15.8. The number of rotatable bonds is 16. The summed E-state index contributed by atoms with van der Waals surface area (Å²) >= 11 is 0. The van der Waals surface area contributed by atoms with Crippen LogP contribution in [0.3, 0.4) is 0 Å². The second-order valence-corrected chi connectivity index (χ2v) is 12.4. The van der Waals surface area contributed by atoms with E-state index in [1.807, 2.05) is 84.9 Å². The summed E-state index contributed by atoms with van der Waals surface area (Å²) in [6.45, 7) is 4.71. The fraction of sp³-hybridized carbons (Fsp3) is 0.405. The zero-order chi connectivity index (χ0) is 33.2. The van der Waals surface area contributed by atoms with Gasteiger partial charge in [0.1, 0.15) is 24.3 Å². The molecule has 0 aliphatic carbocycles. The first-order valence-corrected chi connectivity index (χ1v) is 16.2. The molecule has 0 unspecified atom stereocenters. The minimum absolute atomic E-state index is 0.0424. The lowest BCUT2D eigenvalue weighted by Crippen LogP contribution is -2.61. The number of hydrogen-bond donors (Lipinski definition) is 3. The third-order valence-electron chi connectivity index (χ3n) is 8.55. The van der Waals surface area contributed by atoms with Crippen molar-refractivity contribution in [3.8, 4) is 0 Å². The third kappa shape index (κ3) is 9.49. The quantitative estimate of drug-likeness (QED) is 0.203. The molecule has 2 aliphatic rings. The monoisotopic (exact) mass is 641 g/mol. The lowest BCUT2D eigenvalue weighted by molar-refractivity contribution is -0.136. The molecule has 0 saturated carbocycles. The van der Waals surface area contributed by atoms with Gasteiger partial charge in [-0.2, -0.15) is 0 Å². The maximum Gasteiger partial charge on any atom is 0.408 e. The summed E-state index contributed by atoms with van der Waals surface area (Å²) in [7, 11) is 0. The van der Waals surface area contributed by atoms with Gasteiger partial charge in [0.25, 0.3) is 0 Å². The van der Waals surface area contributed by atoms with Gasteiger partial charge in [0.15, 0.2) is 5.78 Å². The Bertz CT molecular complexity index is 1510. The molecule has 3 N–H and O–H groups in total. The molecule has 0 aromatic heterocycles. The topological polar surface area (TPSA) is 135 Å². The Morgan fingerprint density at radius 3 is 1.89 bits per heavy atom. The second-order valence-electron chi connectivity index (χ2n) is 12.4. The zero-order valence-electron chi connectivity index (χ0n) is 26.9. The maximum absolute atomic E-state index is 14.0. The Hall–Kier alpha value is -4.54. The van der Waals surface area contributed by atoms with Gasteiger partial charge < -0.3 is 30.2 Å². The average molecular weight is 642 g/mol. The number of nitrogens with one attached hydrogen (secondary N) is 3. The molecule has 2 fully saturated rings. The Morgan fingerprint density at radius 1 is 0.766 bits per heavy atom. The molecular weight excluding hydrogens is 598 g/mol. The van der Waals surface area contributed by atoms with Gasteiger partial charge in [-0.25, -0.2) is 4.79 Å². The molecule has 10 heteroatoms. The molecule has 0 spiro atoms. The number of Topliss-reactive ketones (excluding diaryl/α,β-unsaturated/α-hetero) is 1. The van der Waals surface area contributed by atoms with Crippen molar-refractivity contribution in [3.05, 3.63) is 107 Å². The van der Waals surface area contributed by atoms with E-state index in [2.05, 4.69) is 22.9 Å². The summed E-state index contributed by atoms with van der Waals surface area (Å²) in [5.41, 5.74) is 2.75. The van der Waals surface area contributed by atoms with E-state index in [1.54, 1.807) is 6.92 Å². The molecule has 3 aromatic carbocycles. The first-order valence-electron chi connectivity index (χ1n) is 16.2. The zero-order valence-corrected chi connectivity index (χ0v) is 26.9. The summed E-state index contributed by atoms with van der Waals surface area (Å²) in [6, 6.07) is 23.7. The van der Waals surface area contributed by atoms with E-state index in [4.69, 9.17) is 14.2 Å². The van der Waals surface area contributed by atoms with Crippen molar-refractivity contribution in [3.63, 3.8) is 0 Å². The molecule has 0 bridgehead atoms. The van der Waals surface area contributed by atoms with Gasteiger partial charge in [0.2, 0.25) is 11.8 Å². The van der Waals surface area contributed by atoms with Crippen molar-refractivity contribution < 1.29 is 33.4 Å². The van der Waals surface area contributed by atoms with E-state index in [0.717, 1.165) is 29.5 Å². The molecule has 4 atom stereocenters. The number of ketones is 1. The molecule has 47 heavy (non-hydrogen) atoms. The molecule has 3 amide bonds. The van der Waals surface area contributed by atoms with E-state index >= 15 is 0 Å². The summed E-state index contributed by atoms with van der Waals surface area (Å²) in [4.78, 5) is 54.1. The highest BCUT2D eigenvalue weighted by Gasteiger charge is 2.50. The van der Waals surface area contributed by atoms with Crippen molar-refractivity contribution in [1.82, 2.24) is 16.0 Å². The SMILES string of the molecule is CCCc1ccc(C[C@H](NC(=O)[C@@H](NC(=O)OCc2ccccc2)C2COC2)C(=O)N[C@@H](Cc2ccccc2)C(=O)[C@@]2(C)CO2)cc1. The van der Waals surface area contributed by atoms with Crippen LogP contribution < -0.4 is 16.0 Å². The summed E-state index contributed by atoms with van der Waals surface area (Å²) < 4.78 is 16.1. The number of hydrogen-bond acceptors (Lipinski definition) is 7. The Morgan fingerprint density at radius 2 is 1.32 bits per heavy atom. The maximum atomic E-state index is 14.0. The highest BCUT2D eigenvalue weighted by atomic mass is 16.6. The largest absolute Gasteiger partial charge is 0.445 e. The summed E-state index contributed by atoms with van der Waals surface area (Å²) in [6.07, 6.45) is 1.64. The number of carbonyl (C=O) groups excluding carboxylic acids is 4. The van der Waals surface area contributed by atoms with E-state index in [0.29, 0.717) is 0 Å². The minimum atomic E-state index is -1.04. The molecule has 248 valence electrons. The first-order chi connectivity index (χ1) is 22.7. The molecule has 2 aliphatic heterocycles. The number of carbonyl (C=O) groups is 4. The number of epoxide rings is 1. The number of amides is 3. The molecule has 5 rings (SSSR count). The Labute approximate surface area is 275 Å². The lowest BCUT2D eigenvalue weighted by atomic mass is 9.93. The van der Waals surface area contributed by atoms with E-state index in [1.165, 1.54) is 5.56 Å². The molecule has 2 saturated heterocycles. The fourth-order valence-corrected chi connectivity index (χ4v) is 5.52. The van der Waals surface area contributed by atoms with Crippen LogP contribution in [0, 0.1) is 5.92 Å². The molecular formula is C37H43N3O7. The average Bonchev–Trinajstić information content (AvgIpc) is 3.81. The Balaban J connectivity index is 1.33. The van der Waals surface area contributed by atoms with Gasteiger partial charge in [-0.1, -0.05) is 98.3 Å². The first kappa shape index (κ1) is 33.8. The molecule has 0 radical (unpaired) electrons. The van der Waals surface area contributed by atoms with Crippen LogP contribution in [0.5, 0.6) is 0 Å². The van der Waals surface area contributed by atoms with Crippen LogP contribution >= 0.6 is 0 Å². The number of aryl methyl sites for hydroxylation is 1. The highest BCUT2D eigenvalue weighted by molar-refractivity contribution is 5.98. The van der Waals surface area contributed by atoms with Crippen LogP contribution in [0.4, 0.5) is 4.79 Å². The van der Waals surface area contributed by atoms with Crippen molar-refractivity contribution in [1.29, 1.82) is 0 Å². The smallest absolute Gasteiger partial charge is 0.408 e. The van der Waals surface area contributed by atoms with Crippen LogP contribution in [0.25, 0.3) is 0 Å². The predicted molar refractivity (Wildman–Crippen MR) is 175 cm³/mol. The van der Waals surface area contributed by atoms with Gasteiger partial charge >= 0.3 is 6.09 Å². The minimum Gasteiger partial charge on any atom is -0.445 e. The Kier molecular flexibility index (Phi) is 11.4. The van der Waals surface area contributed by atoms with Crippen LogP contribution in [0.2, 0.25) is 0 Å².